The van der Waals surface area contributed by atoms with E-state index in [9.17, 15) is 29.1 Å². The molecule has 1 aromatic heterocycles. The number of fused-ring (bicyclic) bond motifs is 1. The maximum absolute atomic E-state index is 14.8. The highest BCUT2D eigenvalue weighted by Crippen LogP contribution is 2.35. The SMILES string of the molecule is CC(C)(O)c1cnnn1[C@H]1C[C@@H](C(=O)NC2(C(=O)C(N)=O)CCSC2)N(C(=O)C(CC2CCCCC2)NC(=O)c2ccc3ccccc3c2)C1. The highest BCUT2D eigenvalue weighted by Gasteiger charge is 2.50. The summed E-state index contributed by atoms with van der Waals surface area (Å²) >= 11 is 1.43. The minimum Gasteiger partial charge on any atom is -0.384 e. The van der Waals surface area contributed by atoms with E-state index in [-0.39, 0.29) is 31.1 Å². The van der Waals surface area contributed by atoms with Crippen molar-refractivity contribution in [3.8, 4) is 0 Å². The number of rotatable bonds is 11. The molecule has 3 fully saturated rings. The number of primary amides is 1. The third-order valence-electron chi connectivity index (χ3n) is 10.4. The lowest BCUT2D eigenvalue weighted by Gasteiger charge is -2.33. The van der Waals surface area contributed by atoms with Crippen LogP contribution in [0.4, 0.5) is 0 Å². The Balaban J connectivity index is 1.33. The molecule has 2 saturated heterocycles. The predicted molar refractivity (Wildman–Crippen MR) is 188 cm³/mol. The molecule has 4 atom stereocenters. The fraction of sp³-hybridized carbons (Fsp3) is 0.528. The number of likely N-dealkylation sites (tertiary alicyclic amines) is 1. The number of hydrogen-bond acceptors (Lipinski definition) is 9. The fourth-order valence-corrected chi connectivity index (χ4v) is 8.97. The summed E-state index contributed by atoms with van der Waals surface area (Å²) in [5.41, 5.74) is 3.45. The Bertz CT molecular complexity index is 1780. The molecule has 1 saturated carbocycles. The van der Waals surface area contributed by atoms with E-state index in [1.54, 1.807) is 26.0 Å². The van der Waals surface area contributed by atoms with Crippen molar-refractivity contribution < 1.29 is 29.1 Å². The molecule has 2 aliphatic heterocycles. The predicted octanol–water partition coefficient (Wildman–Crippen LogP) is 2.62. The van der Waals surface area contributed by atoms with Gasteiger partial charge in [-0.15, -0.1) is 5.10 Å². The Hall–Kier alpha value is -4.30. The molecule has 266 valence electrons. The maximum atomic E-state index is 14.8. The summed E-state index contributed by atoms with van der Waals surface area (Å²) in [5, 5.41) is 26.8. The molecule has 0 bridgehead atoms. The Morgan fingerprint density at radius 2 is 1.82 bits per heavy atom. The number of ketones is 1. The zero-order valence-corrected chi connectivity index (χ0v) is 29.3. The molecule has 3 aromatic rings. The summed E-state index contributed by atoms with van der Waals surface area (Å²) in [6.45, 7) is 3.25. The van der Waals surface area contributed by atoms with Gasteiger partial charge in [-0.3, -0.25) is 24.0 Å². The number of nitrogens with zero attached hydrogens (tertiary/aromatic N) is 4. The molecule has 6 rings (SSSR count). The van der Waals surface area contributed by atoms with E-state index < -0.39 is 58.7 Å². The molecule has 2 aromatic carbocycles. The van der Waals surface area contributed by atoms with E-state index in [2.05, 4.69) is 20.9 Å². The van der Waals surface area contributed by atoms with Crippen LogP contribution in [-0.2, 0) is 24.8 Å². The van der Waals surface area contributed by atoms with Gasteiger partial charge in [0.25, 0.3) is 11.8 Å². The zero-order valence-electron chi connectivity index (χ0n) is 28.5. The molecule has 4 amide bonds. The number of benzene rings is 2. The number of thioether (sulfide) groups is 1. The average Bonchev–Trinajstić information content (AvgIpc) is 3.88. The van der Waals surface area contributed by atoms with Gasteiger partial charge in [-0.2, -0.15) is 11.8 Å². The van der Waals surface area contributed by atoms with E-state index in [0.717, 1.165) is 42.9 Å². The molecule has 0 radical (unpaired) electrons. The number of amides is 4. The lowest BCUT2D eigenvalue weighted by atomic mass is 9.84. The molecule has 14 heteroatoms. The second-order valence-corrected chi connectivity index (χ2v) is 15.5. The van der Waals surface area contributed by atoms with Crippen LogP contribution in [0.15, 0.2) is 48.7 Å². The van der Waals surface area contributed by atoms with Gasteiger partial charge in [-0.25, -0.2) is 4.68 Å². The Morgan fingerprint density at radius 1 is 1.08 bits per heavy atom. The van der Waals surface area contributed by atoms with E-state index in [0.29, 0.717) is 23.4 Å². The maximum Gasteiger partial charge on any atom is 0.287 e. The van der Waals surface area contributed by atoms with Gasteiger partial charge in [-0.1, -0.05) is 67.6 Å². The van der Waals surface area contributed by atoms with Crippen LogP contribution in [0, 0.1) is 5.92 Å². The first-order chi connectivity index (χ1) is 23.9. The van der Waals surface area contributed by atoms with Crippen molar-refractivity contribution in [2.24, 2.45) is 11.7 Å². The van der Waals surface area contributed by atoms with Gasteiger partial charge in [0.1, 0.15) is 23.2 Å². The molecule has 50 heavy (non-hydrogen) atoms. The van der Waals surface area contributed by atoms with Crippen LogP contribution in [0.5, 0.6) is 0 Å². The van der Waals surface area contributed by atoms with E-state index in [1.807, 2.05) is 30.3 Å². The number of nitrogens with one attached hydrogen (secondary N) is 2. The van der Waals surface area contributed by atoms with Gasteiger partial charge in [0.05, 0.1) is 17.9 Å². The minimum atomic E-state index is -1.47. The Kier molecular flexibility index (Phi) is 10.3. The van der Waals surface area contributed by atoms with Crippen molar-refractivity contribution in [1.82, 2.24) is 30.5 Å². The molecule has 13 nitrogen and oxygen atoms in total. The first kappa shape index (κ1) is 35.5. The number of hydrogen-bond donors (Lipinski definition) is 4. The van der Waals surface area contributed by atoms with Crippen LogP contribution < -0.4 is 16.4 Å². The normalized spacial score (nSPS) is 23.5. The van der Waals surface area contributed by atoms with Crippen molar-refractivity contribution in [3.05, 3.63) is 59.9 Å². The van der Waals surface area contributed by atoms with Crippen LogP contribution in [-0.4, -0.2) is 90.1 Å². The number of aliphatic hydroxyl groups is 1. The van der Waals surface area contributed by atoms with E-state index in [1.165, 1.54) is 27.5 Å². The molecule has 2 unspecified atom stereocenters. The number of aromatic nitrogens is 3. The molecule has 5 N–H and O–H groups in total. The third kappa shape index (κ3) is 7.41. The minimum absolute atomic E-state index is 0.0435. The molecular formula is C36H45N7O6S. The topological polar surface area (TPSA) is 190 Å². The van der Waals surface area contributed by atoms with Gasteiger partial charge in [0.15, 0.2) is 0 Å². The van der Waals surface area contributed by atoms with Crippen LogP contribution in [0.1, 0.15) is 87.3 Å². The van der Waals surface area contributed by atoms with E-state index >= 15 is 0 Å². The summed E-state index contributed by atoms with van der Waals surface area (Å²) in [5.74, 6) is -2.47. The second-order valence-electron chi connectivity index (χ2n) is 14.4. The second kappa shape index (κ2) is 14.5. The molecule has 3 aliphatic rings. The standard InChI is InChI=1S/C36H45N7O6S/c1-35(2,49)29-19-38-41-43(29)26-18-28(33(47)40-36(14-15-50-21-36)30(44)31(37)45)42(20-26)34(48)27(16-22-8-4-3-5-9-22)39-32(46)25-13-12-23-10-6-7-11-24(23)17-25/h6-7,10-13,17,19,22,26-28,49H,3-5,8-9,14-16,18,20-21H2,1-2H3,(H2,37,45)(H,39,46)(H,40,47)/t26-,27?,28-,36?/m0/s1. The lowest BCUT2D eigenvalue weighted by molar-refractivity contribution is -0.144. The summed E-state index contributed by atoms with van der Waals surface area (Å²) in [4.78, 5) is 69.3. The van der Waals surface area contributed by atoms with Crippen molar-refractivity contribution >= 4 is 51.9 Å². The third-order valence-corrected chi connectivity index (χ3v) is 11.6. The summed E-state index contributed by atoms with van der Waals surface area (Å²) in [6.07, 6.45) is 7.28. The summed E-state index contributed by atoms with van der Waals surface area (Å²) < 4.78 is 1.53. The number of nitrogens with two attached hydrogens (primary N) is 1. The van der Waals surface area contributed by atoms with Crippen LogP contribution in [0.3, 0.4) is 0 Å². The first-order valence-electron chi connectivity index (χ1n) is 17.3. The van der Waals surface area contributed by atoms with Gasteiger partial charge in [-0.05, 0) is 61.3 Å². The van der Waals surface area contributed by atoms with Crippen LogP contribution in [0.25, 0.3) is 10.8 Å². The van der Waals surface area contributed by atoms with Crippen LogP contribution >= 0.6 is 11.8 Å². The van der Waals surface area contributed by atoms with Crippen molar-refractivity contribution in [2.75, 3.05) is 18.1 Å². The van der Waals surface area contributed by atoms with Gasteiger partial charge >= 0.3 is 0 Å². The fourth-order valence-electron chi connectivity index (χ4n) is 7.64. The smallest absolute Gasteiger partial charge is 0.287 e. The monoisotopic (exact) mass is 703 g/mol. The highest BCUT2D eigenvalue weighted by molar-refractivity contribution is 7.99. The number of carbonyl (C=O) groups excluding carboxylic acids is 5. The van der Waals surface area contributed by atoms with Crippen LogP contribution in [0.2, 0.25) is 0 Å². The number of Topliss-reactive ketones (excluding diaryl/α,β-unsaturated/α-hetero) is 1. The zero-order chi connectivity index (χ0) is 35.6. The average molecular weight is 704 g/mol. The van der Waals surface area contributed by atoms with E-state index in [4.69, 9.17) is 5.73 Å². The van der Waals surface area contributed by atoms with Crippen molar-refractivity contribution in [1.29, 1.82) is 0 Å². The highest BCUT2D eigenvalue weighted by atomic mass is 32.2. The Morgan fingerprint density at radius 3 is 2.50 bits per heavy atom. The lowest BCUT2D eigenvalue weighted by Crippen LogP contribution is -2.62. The van der Waals surface area contributed by atoms with Crippen molar-refractivity contribution in [2.45, 2.75) is 94.5 Å². The first-order valence-corrected chi connectivity index (χ1v) is 18.5. The molecule has 1 aliphatic carbocycles. The molecular weight excluding hydrogens is 659 g/mol. The summed E-state index contributed by atoms with van der Waals surface area (Å²) in [6, 6.07) is 10.6. The van der Waals surface area contributed by atoms with Crippen molar-refractivity contribution in [3.63, 3.8) is 0 Å². The molecule has 3 heterocycles. The van der Waals surface area contributed by atoms with Gasteiger partial charge in [0.2, 0.25) is 17.6 Å². The quantitative estimate of drug-likeness (QED) is 0.218. The Labute approximate surface area is 295 Å². The number of carbonyl (C=O) groups is 5. The molecule has 0 spiro atoms. The van der Waals surface area contributed by atoms with Gasteiger partial charge < -0.3 is 26.4 Å². The largest absolute Gasteiger partial charge is 0.384 e. The summed E-state index contributed by atoms with van der Waals surface area (Å²) in [7, 11) is 0. The van der Waals surface area contributed by atoms with Gasteiger partial charge in [0, 0.05) is 24.3 Å².